The van der Waals surface area contributed by atoms with E-state index in [1.54, 1.807) is 0 Å². The highest BCUT2D eigenvalue weighted by Gasteiger charge is 2.33. The Hall–Kier alpha value is -2.73. The fourth-order valence-electron chi connectivity index (χ4n) is 4.36. The summed E-state index contributed by atoms with van der Waals surface area (Å²) < 4.78 is 11.1. The molecule has 5 rings (SSSR count). The standard InChI is InChI=1S/C23H27N3O3/c27-23(17-6-7-17)24-15-20(18-8-9-21-22(14-18)29-16-28-21)26-12-10-25(11-13-26)19-4-2-1-3-5-19/h1-5,8-9,14,17,20H,6-7,10-13,15-16H2,(H,24,27)/p+1/t20-/m1/s1. The van der Waals surface area contributed by atoms with Crippen molar-refractivity contribution in [2.75, 3.05) is 44.4 Å². The van der Waals surface area contributed by atoms with Crippen LogP contribution in [0.15, 0.2) is 48.5 Å². The number of nitrogens with zero attached hydrogens (tertiary/aromatic N) is 1. The second-order valence-electron chi connectivity index (χ2n) is 8.17. The molecule has 2 aromatic rings. The van der Waals surface area contributed by atoms with Gasteiger partial charge in [-0.05, 0) is 43.2 Å². The first-order valence-corrected chi connectivity index (χ1v) is 10.6. The number of ether oxygens (including phenoxy) is 2. The molecule has 1 saturated heterocycles. The molecule has 2 aromatic carbocycles. The predicted octanol–water partition coefficient (Wildman–Crippen LogP) is 1.39. The minimum absolute atomic E-state index is 0.207. The molecule has 3 aliphatic rings. The minimum Gasteiger partial charge on any atom is -0.454 e. The Labute approximate surface area is 171 Å². The van der Waals surface area contributed by atoms with Crippen molar-refractivity contribution in [2.24, 2.45) is 5.92 Å². The van der Waals surface area contributed by atoms with Crippen LogP contribution in [0.5, 0.6) is 11.5 Å². The lowest BCUT2D eigenvalue weighted by molar-refractivity contribution is -0.931. The van der Waals surface area contributed by atoms with Gasteiger partial charge in [0, 0.05) is 17.2 Å². The Kier molecular flexibility index (Phi) is 5.02. The number of hydrogen-bond acceptors (Lipinski definition) is 4. The Morgan fingerprint density at radius 2 is 1.83 bits per heavy atom. The molecule has 29 heavy (non-hydrogen) atoms. The van der Waals surface area contributed by atoms with Crippen LogP contribution in [0.3, 0.4) is 0 Å². The third kappa shape index (κ3) is 4.03. The van der Waals surface area contributed by atoms with Crippen molar-refractivity contribution in [1.29, 1.82) is 0 Å². The number of carbonyl (C=O) groups is 1. The summed E-state index contributed by atoms with van der Waals surface area (Å²) >= 11 is 0. The molecule has 2 aliphatic heterocycles. The average molecular weight is 394 g/mol. The molecule has 1 amide bonds. The maximum absolute atomic E-state index is 12.3. The molecule has 0 spiro atoms. The number of fused-ring (bicyclic) bond motifs is 1. The lowest BCUT2D eigenvalue weighted by atomic mass is 10.0. The number of carbonyl (C=O) groups excluding carboxylic acids is 1. The zero-order valence-corrected chi connectivity index (χ0v) is 16.6. The Bertz CT molecular complexity index is 861. The molecule has 6 heteroatoms. The zero-order chi connectivity index (χ0) is 19.6. The van der Waals surface area contributed by atoms with Gasteiger partial charge in [-0.15, -0.1) is 0 Å². The van der Waals surface area contributed by atoms with Gasteiger partial charge in [-0.25, -0.2) is 0 Å². The SMILES string of the molecule is O=C(NC[C@H](c1ccc2c(c1)OCO2)[NH+]1CCN(c2ccccc2)CC1)C1CC1. The minimum atomic E-state index is 0.207. The summed E-state index contributed by atoms with van der Waals surface area (Å²) in [6.07, 6.45) is 2.06. The van der Waals surface area contributed by atoms with Crippen LogP contribution in [0.1, 0.15) is 24.4 Å². The number of nitrogens with one attached hydrogen (secondary N) is 2. The van der Waals surface area contributed by atoms with E-state index in [4.69, 9.17) is 9.47 Å². The number of para-hydroxylation sites is 1. The van der Waals surface area contributed by atoms with Gasteiger partial charge in [-0.3, -0.25) is 4.79 Å². The second kappa shape index (κ2) is 7.95. The molecule has 2 heterocycles. The van der Waals surface area contributed by atoms with Gasteiger partial charge in [0.1, 0.15) is 6.04 Å². The van der Waals surface area contributed by atoms with E-state index >= 15 is 0 Å². The number of amides is 1. The highest BCUT2D eigenvalue weighted by molar-refractivity contribution is 5.80. The molecule has 1 saturated carbocycles. The topological polar surface area (TPSA) is 55.2 Å². The van der Waals surface area contributed by atoms with E-state index in [2.05, 4.69) is 52.7 Å². The van der Waals surface area contributed by atoms with Gasteiger partial charge in [0.2, 0.25) is 12.7 Å². The van der Waals surface area contributed by atoms with E-state index in [-0.39, 0.29) is 24.7 Å². The molecular formula is C23H28N3O3+. The zero-order valence-electron chi connectivity index (χ0n) is 16.6. The molecule has 0 aromatic heterocycles. The summed E-state index contributed by atoms with van der Waals surface area (Å²) in [5, 5.41) is 3.21. The maximum Gasteiger partial charge on any atom is 0.231 e. The Balaban J connectivity index is 1.31. The fraction of sp³-hybridized carbons (Fsp3) is 0.435. The van der Waals surface area contributed by atoms with Crippen molar-refractivity contribution in [2.45, 2.75) is 18.9 Å². The number of quaternary nitrogens is 1. The largest absolute Gasteiger partial charge is 0.454 e. The van der Waals surface area contributed by atoms with Crippen LogP contribution in [0.2, 0.25) is 0 Å². The molecule has 0 bridgehead atoms. The van der Waals surface area contributed by atoms with Crippen LogP contribution in [0, 0.1) is 5.92 Å². The molecule has 2 fully saturated rings. The van der Waals surface area contributed by atoms with E-state index < -0.39 is 0 Å². The molecule has 152 valence electrons. The van der Waals surface area contributed by atoms with Crippen LogP contribution >= 0.6 is 0 Å². The quantitative estimate of drug-likeness (QED) is 0.778. The Morgan fingerprint density at radius 3 is 2.59 bits per heavy atom. The first-order valence-electron chi connectivity index (χ1n) is 10.6. The second-order valence-corrected chi connectivity index (χ2v) is 8.17. The summed E-state index contributed by atoms with van der Waals surface area (Å²) in [6.45, 7) is 5.04. The molecule has 1 atom stereocenters. The number of benzene rings is 2. The normalized spacial score (nSPS) is 19.8. The van der Waals surface area contributed by atoms with Crippen LogP contribution in [0.25, 0.3) is 0 Å². The molecule has 2 N–H and O–H groups in total. The highest BCUT2D eigenvalue weighted by atomic mass is 16.7. The van der Waals surface area contributed by atoms with E-state index in [1.165, 1.54) is 16.2 Å². The molecule has 0 unspecified atom stereocenters. The van der Waals surface area contributed by atoms with Gasteiger partial charge in [0.15, 0.2) is 11.5 Å². The van der Waals surface area contributed by atoms with Gasteiger partial charge < -0.3 is 24.6 Å². The van der Waals surface area contributed by atoms with Crippen LogP contribution in [0.4, 0.5) is 5.69 Å². The molecule has 1 aliphatic carbocycles. The molecular weight excluding hydrogens is 366 g/mol. The van der Waals surface area contributed by atoms with Crippen molar-refractivity contribution in [3.05, 3.63) is 54.1 Å². The first kappa shape index (κ1) is 18.3. The van der Waals surface area contributed by atoms with Crippen molar-refractivity contribution in [1.82, 2.24) is 5.32 Å². The van der Waals surface area contributed by atoms with Crippen LogP contribution in [-0.2, 0) is 4.79 Å². The molecule has 6 nitrogen and oxygen atoms in total. The summed E-state index contributed by atoms with van der Waals surface area (Å²) in [6, 6.07) is 17.0. The smallest absolute Gasteiger partial charge is 0.231 e. The van der Waals surface area contributed by atoms with Crippen LogP contribution < -0.4 is 24.6 Å². The molecule has 0 radical (unpaired) electrons. The third-order valence-electron chi connectivity index (χ3n) is 6.25. The lowest BCUT2D eigenvalue weighted by Crippen LogP contribution is -3.15. The van der Waals surface area contributed by atoms with E-state index in [0.717, 1.165) is 50.5 Å². The third-order valence-corrected chi connectivity index (χ3v) is 6.25. The highest BCUT2D eigenvalue weighted by Crippen LogP contribution is 2.34. The number of hydrogen-bond donors (Lipinski definition) is 2. The predicted molar refractivity (Wildman–Crippen MR) is 110 cm³/mol. The first-order chi connectivity index (χ1) is 14.3. The van der Waals surface area contributed by atoms with Gasteiger partial charge in [0.25, 0.3) is 0 Å². The van der Waals surface area contributed by atoms with Gasteiger partial charge in [-0.1, -0.05) is 18.2 Å². The van der Waals surface area contributed by atoms with Crippen molar-refractivity contribution >= 4 is 11.6 Å². The number of rotatable bonds is 6. The van der Waals surface area contributed by atoms with E-state index in [0.29, 0.717) is 6.54 Å². The van der Waals surface area contributed by atoms with Crippen molar-refractivity contribution in [3.8, 4) is 11.5 Å². The lowest BCUT2D eigenvalue weighted by Gasteiger charge is -2.38. The summed E-state index contributed by atoms with van der Waals surface area (Å²) in [7, 11) is 0. The number of piperazine rings is 1. The summed E-state index contributed by atoms with van der Waals surface area (Å²) in [4.78, 5) is 16.2. The van der Waals surface area contributed by atoms with Gasteiger partial charge >= 0.3 is 0 Å². The van der Waals surface area contributed by atoms with Crippen LogP contribution in [-0.4, -0.2) is 45.4 Å². The van der Waals surface area contributed by atoms with Gasteiger partial charge in [0.05, 0.1) is 32.7 Å². The fourth-order valence-corrected chi connectivity index (χ4v) is 4.36. The van der Waals surface area contributed by atoms with Crippen molar-refractivity contribution < 1.29 is 19.2 Å². The Morgan fingerprint density at radius 1 is 1.07 bits per heavy atom. The average Bonchev–Trinajstić information content (AvgIpc) is 3.52. The summed E-state index contributed by atoms with van der Waals surface area (Å²) in [5.41, 5.74) is 2.49. The maximum atomic E-state index is 12.3. The monoisotopic (exact) mass is 394 g/mol. The van der Waals surface area contributed by atoms with E-state index in [9.17, 15) is 4.79 Å². The number of anilines is 1. The summed E-state index contributed by atoms with van der Waals surface area (Å²) in [5.74, 6) is 2.05. The van der Waals surface area contributed by atoms with Crippen molar-refractivity contribution in [3.63, 3.8) is 0 Å². The van der Waals surface area contributed by atoms with E-state index in [1.807, 2.05) is 6.07 Å². The van der Waals surface area contributed by atoms with Gasteiger partial charge in [-0.2, -0.15) is 0 Å².